The summed E-state index contributed by atoms with van der Waals surface area (Å²) in [5.41, 5.74) is 1.73. The summed E-state index contributed by atoms with van der Waals surface area (Å²) in [5.74, 6) is -0.485. The fraction of sp³-hybridized carbons (Fsp3) is 0.400. The lowest BCUT2D eigenvalue weighted by atomic mass is 9.89. The molecule has 1 aromatic heterocycles. The van der Waals surface area contributed by atoms with Gasteiger partial charge in [-0.25, -0.2) is 0 Å². The first-order valence-corrected chi connectivity index (χ1v) is 11.7. The molecule has 0 radical (unpaired) electrons. The monoisotopic (exact) mass is 506 g/mol. The zero-order valence-electron chi connectivity index (χ0n) is 18.8. The largest absolute Gasteiger partial charge is 0.507 e. The number of aliphatic hydroxyl groups is 1. The molecule has 0 amide bonds. The first-order valence-electron chi connectivity index (χ1n) is 11.3. The topological polar surface area (TPSA) is 97.4 Å². The van der Waals surface area contributed by atoms with Crippen LogP contribution in [0.25, 0.3) is 22.3 Å². The Hall–Kier alpha value is -2.45. The number of halogens is 2. The fourth-order valence-electron chi connectivity index (χ4n) is 5.30. The van der Waals surface area contributed by atoms with Crippen molar-refractivity contribution in [1.82, 2.24) is 4.90 Å². The molecule has 0 aliphatic carbocycles. The van der Waals surface area contributed by atoms with E-state index in [9.17, 15) is 20.1 Å². The van der Waals surface area contributed by atoms with Crippen LogP contribution in [0.1, 0.15) is 30.7 Å². The number of nitrogens with zero attached hydrogens (tertiary/aromatic N) is 2. The van der Waals surface area contributed by atoms with Crippen molar-refractivity contribution in [3.63, 3.8) is 0 Å². The molecule has 34 heavy (non-hydrogen) atoms. The molecule has 2 aliphatic rings. The molecule has 9 heteroatoms. The number of aromatic hydroxyl groups is 2. The average molecular weight is 507 g/mol. The Morgan fingerprint density at radius 1 is 1.09 bits per heavy atom. The summed E-state index contributed by atoms with van der Waals surface area (Å²) in [6.45, 7) is 2.61. The van der Waals surface area contributed by atoms with E-state index >= 15 is 0 Å². The predicted octanol–water partition coefficient (Wildman–Crippen LogP) is 4.33. The van der Waals surface area contributed by atoms with Gasteiger partial charge in [-0.3, -0.25) is 4.79 Å². The first kappa shape index (κ1) is 24.7. The summed E-state index contributed by atoms with van der Waals surface area (Å²) in [6.07, 6.45) is 2.98. The lowest BCUT2D eigenvalue weighted by Crippen LogP contribution is -2.32. The van der Waals surface area contributed by atoms with Crippen molar-refractivity contribution in [2.75, 3.05) is 38.2 Å². The molecule has 0 spiro atoms. The summed E-state index contributed by atoms with van der Waals surface area (Å²) < 4.78 is 6.19. The van der Waals surface area contributed by atoms with Crippen LogP contribution in [-0.4, -0.2) is 59.6 Å². The third-order valence-corrected chi connectivity index (χ3v) is 7.38. The van der Waals surface area contributed by atoms with Crippen LogP contribution in [0.3, 0.4) is 0 Å². The number of likely N-dealkylation sites (tertiary alicyclic amines) is 1. The lowest BCUT2D eigenvalue weighted by Gasteiger charge is -2.24. The van der Waals surface area contributed by atoms with Gasteiger partial charge in [0, 0.05) is 54.0 Å². The van der Waals surface area contributed by atoms with Crippen LogP contribution in [0.5, 0.6) is 11.5 Å². The summed E-state index contributed by atoms with van der Waals surface area (Å²) >= 11 is 6.61. The summed E-state index contributed by atoms with van der Waals surface area (Å²) in [4.78, 5) is 17.3. The van der Waals surface area contributed by atoms with E-state index in [1.54, 1.807) is 0 Å². The number of aliphatic hydroxyl groups excluding tert-OH is 1. The number of benzene rings is 2. The van der Waals surface area contributed by atoms with Gasteiger partial charge in [-0.2, -0.15) is 0 Å². The molecule has 2 atom stereocenters. The molecule has 0 bridgehead atoms. The van der Waals surface area contributed by atoms with Crippen LogP contribution in [-0.2, 0) is 0 Å². The molecular formula is C25H28Cl2N2O5. The Labute approximate surface area is 208 Å². The first-order chi connectivity index (χ1) is 15.9. The number of hydrogen-bond acceptors (Lipinski definition) is 7. The number of rotatable bonds is 4. The van der Waals surface area contributed by atoms with Crippen molar-refractivity contribution < 1.29 is 19.7 Å². The maximum atomic E-state index is 13.1. The molecule has 0 unspecified atom stereocenters. The van der Waals surface area contributed by atoms with Crippen LogP contribution in [0, 0.1) is 0 Å². The third kappa shape index (κ3) is 4.11. The van der Waals surface area contributed by atoms with Crippen molar-refractivity contribution in [2.45, 2.75) is 31.2 Å². The van der Waals surface area contributed by atoms with E-state index in [0.29, 0.717) is 22.6 Å². The third-order valence-electron chi connectivity index (χ3n) is 7.07. The number of phenols is 2. The SMILES string of the molecule is CN1CC[C@@H](c2c(O)cc(O)c3c(=O)cc(-c4ccc(N5CCCC5)cc4Cl)oc23)[C@@H]1CO.Cl. The van der Waals surface area contributed by atoms with Gasteiger partial charge >= 0.3 is 0 Å². The van der Waals surface area contributed by atoms with Crippen LogP contribution >= 0.6 is 24.0 Å². The van der Waals surface area contributed by atoms with Gasteiger partial charge in [0.15, 0.2) is 5.43 Å². The van der Waals surface area contributed by atoms with Crippen molar-refractivity contribution in [3.05, 3.63) is 51.1 Å². The molecule has 3 aromatic rings. The highest BCUT2D eigenvalue weighted by molar-refractivity contribution is 6.33. The summed E-state index contributed by atoms with van der Waals surface area (Å²) in [5, 5.41) is 31.6. The molecule has 2 aliphatic heterocycles. The molecule has 5 rings (SSSR count). The van der Waals surface area contributed by atoms with E-state index < -0.39 is 5.43 Å². The van der Waals surface area contributed by atoms with Crippen LogP contribution < -0.4 is 10.3 Å². The zero-order chi connectivity index (χ0) is 23.3. The lowest BCUT2D eigenvalue weighted by molar-refractivity contribution is 0.172. The van der Waals surface area contributed by atoms with E-state index in [-0.39, 0.29) is 59.2 Å². The summed E-state index contributed by atoms with van der Waals surface area (Å²) in [7, 11) is 1.91. The zero-order valence-corrected chi connectivity index (χ0v) is 20.4. The Balaban J connectivity index is 0.00000274. The maximum absolute atomic E-state index is 13.1. The minimum atomic E-state index is -0.420. The van der Waals surface area contributed by atoms with Crippen LogP contribution in [0.15, 0.2) is 39.5 Å². The Bertz CT molecular complexity index is 1270. The molecule has 3 N–H and O–H groups in total. The van der Waals surface area contributed by atoms with Gasteiger partial charge in [-0.1, -0.05) is 11.6 Å². The van der Waals surface area contributed by atoms with Gasteiger partial charge < -0.3 is 29.5 Å². The molecule has 182 valence electrons. The second-order valence-corrected chi connectivity index (χ2v) is 9.40. The number of likely N-dealkylation sites (N-methyl/N-ethyl adjacent to an activating group) is 1. The van der Waals surface area contributed by atoms with Gasteiger partial charge in [0.05, 0.1) is 11.6 Å². The second-order valence-electron chi connectivity index (χ2n) is 8.99. The molecule has 0 saturated carbocycles. The molecule has 2 fully saturated rings. The van der Waals surface area contributed by atoms with Crippen molar-refractivity contribution in [1.29, 1.82) is 0 Å². The van der Waals surface area contributed by atoms with Crippen molar-refractivity contribution in [3.8, 4) is 22.8 Å². The van der Waals surface area contributed by atoms with Gasteiger partial charge in [0.1, 0.15) is 28.2 Å². The van der Waals surface area contributed by atoms with Crippen LogP contribution in [0.2, 0.25) is 5.02 Å². The molecule has 2 aromatic carbocycles. The molecule has 3 heterocycles. The second kappa shape index (κ2) is 9.66. The Morgan fingerprint density at radius 2 is 1.82 bits per heavy atom. The number of anilines is 1. The normalized spacial score (nSPS) is 20.7. The average Bonchev–Trinajstić information content (AvgIpc) is 3.43. The minimum absolute atomic E-state index is 0. The van der Waals surface area contributed by atoms with Crippen molar-refractivity contribution in [2.24, 2.45) is 0 Å². The highest BCUT2D eigenvalue weighted by Crippen LogP contribution is 2.44. The van der Waals surface area contributed by atoms with Crippen molar-refractivity contribution >= 4 is 40.7 Å². The smallest absolute Gasteiger partial charge is 0.197 e. The molecular weight excluding hydrogens is 479 g/mol. The standard InChI is InChI=1S/C25H27ClN2O5.ClH/c1-27-9-6-16(18(27)13-29)23-19(30)11-20(31)24-21(32)12-22(33-25(23)24)15-5-4-14(10-17(15)26)28-7-2-3-8-28;/h4-5,10-12,16,18,29-31H,2-3,6-9,13H2,1H3;1H/t16-,18+;/m1./s1. The van der Waals surface area contributed by atoms with E-state index in [0.717, 1.165) is 38.2 Å². The number of hydrogen-bond donors (Lipinski definition) is 3. The Morgan fingerprint density at radius 3 is 2.50 bits per heavy atom. The quantitative estimate of drug-likeness (QED) is 0.484. The minimum Gasteiger partial charge on any atom is -0.507 e. The Kier molecular flexibility index (Phi) is 7.01. The number of phenolic OH excluding ortho intramolecular Hbond substituents is 2. The van der Waals surface area contributed by atoms with Gasteiger partial charge in [-0.15, -0.1) is 12.4 Å². The van der Waals surface area contributed by atoms with Gasteiger partial charge in [0.2, 0.25) is 0 Å². The van der Waals surface area contributed by atoms with Gasteiger partial charge in [-0.05, 0) is 51.1 Å². The van der Waals surface area contributed by atoms with E-state index in [1.807, 2.05) is 30.1 Å². The van der Waals surface area contributed by atoms with E-state index in [4.69, 9.17) is 16.0 Å². The highest BCUT2D eigenvalue weighted by atomic mass is 35.5. The number of fused-ring (bicyclic) bond motifs is 1. The maximum Gasteiger partial charge on any atom is 0.197 e. The summed E-state index contributed by atoms with van der Waals surface area (Å²) in [6, 6.07) is 7.94. The van der Waals surface area contributed by atoms with E-state index in [1.165, 1.54) is 12.1 Å². The fourth-order valence-corrected chi connectivity index (χ4v) is 5.57. The van der Waals surface area contributed by atoms with E-state index in [2.05, 4.69) is 4.90 Å². The highest BCUT2D eigenvalue weighted by Gasteiger charge is 2.36. The van der Waals surface area contributed by atoms with Gasteiger partial charge in [0.25, 0.3) is 0 Å². The molecule has 2 saturated heterocycles. The molecule has 7 nitrogen and oxygen atoms in total. The predicted molar refractivity (Wildman–Crippen MR) is 136 cm³/mol. The van der Waals surface area contributed by atoms with Crippen LogP contribution in [0.4, 0.5) is 5.69 Å².